The number of rotatable bonds is 5. The first-order valence-electron chi connectivity index (χ1n) is 7.20. The number of aromatic nitrogens is 1. The van der Waals surface area contributed by atoms with Crippen molar-refractivity contribution >= 4 is 29.1 Å². The molecule has 0 fully saturated rings. The lowest BCUT2D eigenvalue weighted by Crippen LogP contribution is -2.16. The number of hydrogen-bond donors (Lipinski definition) is 2. The molecule has 0 atom stereocenters. The maximum absolute atomic E-state index is 12.0. The molecule has 1 heterocycles. The Balaban J connectivity index is 1.97. The van der Waals surface area contributed by atoms with E-state index in [2.05, 4.69) is 15.8 Å². The van der Waals surface area contributed by atoms with E-state index < -0.39 is 11.8 Å². The number of nitrogens with zero attached hydrogens (tertiary/aromatic N) is 1. The lowest BCUT2D eigenvalue weighted by molar-refractivity contribution is -0.114. The zero-order valence-corrected chi connectivity index (χ0v) is 13.5. The topological polar surface area (TPSA) is 101 Å². The average molecular weight is 327 g/mol. The molecule has 0 radical (unpaired) electrons. The number of Topliss-reactive ketones (excluding diaryl/α,β-unsaturated/α-hetero) is 1. The zero-order valence-electron chi connectivity index (χ0n) is 13.5. The Morgan fingerprint density at radius 3 is 2.29 bits per heavy atom. The summed E-state index contributed by atoms with van der Waals surface area (Å²) in [6.45, 7) is 4.69. The van der Waals surface area contributed by atoms with Crippen LogP contribution in [0.2, 0.25) is 0 Å². The maximum atomic E-state index is 12.0. The van der Waals surface area contributed by atoms with Crippen LogP contribution in [0, 0.1) is 6.92 Å². The molecule has 0 saturated carbocycles. The van der Waals surface area contributed by atoms with Crippen LogP contribution in [0.1, 0.15) is 30.0 Å². The Morgan fingerprint density at radius 1 is 1.08 bits per heavy atom. The summed E-state index contributed by atoms with van der Waals surface area (Å²) in [6, 6.07) is 8.05. The molecule has 2 rings (SSSR count). The van der Waals surface area contributed by atoms with Crippen LogP contribution in [0.3, 0.4) is 0 Å². The summed E-state index contributed by atoms with van der Waals surface area (Å²) in [5, 5.41) is 8.79. The number of nitrogens with one attached hydrogen (secondary N) is 2. The molecule has 0 saturated heterocycles. The van der Waals surface area contributed by atoms with Crippen LogP contribution in [0.4, 0.5) is 11.5 Å². The molecule has 0 aliphatic rings. The van der Waals surface area contributed by atoms with Crippen molar-refractivity contribution in [2.45, 2.75) is 20.8 Å². The van der Waals surface area contributed by atoms with Gasteiger partial charge in [-0.25, -0.2) is 0 Å². The second kappa shape index (κ2) is 7.36. The minimum Gasteiger partial charge on any atom is -0.360 e. The van der Waals surface area contributed by atoms with Crippen molar-refractivity contribution in [3.05, 3.63) is 53.3 Å². The Labute approximate surface area is 138 Å². The summed E-state index contributed by atoms with van der Waals surface area (Å²) in [6.07, 6.45) is 1.18. The molecular formula is C17H17N3O4. The van der Waals surface area contributed by atoms with Gasteiger partial charge in [0, 0.05) is 29.0 Å². The second-order valence-electron chi connectivity index (χ2n) is 5.23. The number of amides is 2. The third kappa shape index (κ3) is 4.64. The van der Waals surface area contributed by atoms with Crippen molar-refractivity contribution in [1.82, 2.24) is 5.16 Å². The molecule has 124 valence electrons. The summed E-state index contributed by atoms with van der Waals surface area (Å²) in [5.41, 5.74) is 1.30. The van der Waals surface area contributed by atoms with E-state index in [-0.39, 0.29) is 17.2 Å². The van der Waals surface area contributed by atoms with Gasteiger partial charge in [0.05, 0.1) is 0 Å². The second-order valence-corrected chi connectivity index (χ2v) is 5.23. The molecule has 0 aliphatic heterocycles. The molecule has 2 aromatic rings. The lowest BCUT2D eigenvalue weighted by atomic mass is 10.1. The van der Waals surface area contributed by atoms with Crippen molar-refractivity contribution in [3.8, 4) is 0 Å². The van der Waals surface area contributed by atoms with Crippen molar-refractivity contribution in [3.63, 3.8) is 0 Å². The highest BCUT2D eigenvalue weighted by molar-refractivity contribution is 6.09. The Morgan fingerprint density at radius 2 is 1.75 bits per heavy atom. The van der Waals surface area contributed by atoms with Crippen LogP contribution in [0.5, 0.6) is 0 Å². The minimum absolute atomic E-state index is 0.0524. The van der Waals surface area contributed by atoms with Crippen LogP contribution in [-0.4, -0.2) is 22.8 Å². The fraction of sp³-hybridized carbons (Fsp3) is 0.176. The average Bonchev–Trinajstić information content (AvgIpc) is 2.92. The SMILES string of the molecule is CC(=O)c1ccc(NC(=O)/C=C(/C)C(=O)Nc2cc(C)on2)cc1. The third-order valence-corrected chi connectivity index (χ3v) is 3.13. The van der Waals surface area contributed by atoms with Crippen LogP contribution in [-0.2, 0) is 9.59 Å². The predicted octanol–water partition coefficient (Wildman–Crippen LogP) is 2.71. The van der Waals surface area contributed by atoms with Gasteiger partial charge < -0.3 is 15.2 Å². The molecule has 2 N–H and O–H groups in total. The summed E-state index contributed by atoms with van der Waals surface area (Å²) < 4.78 is 4.84. The molecule has 1 aromatic heterocycles. The molecular weight excluding hydrogens is 310 g/mol. The van der Waals surface area contributed by atoms with Gasteiger partial charge in [0.15, 0.2) is 11.6 Å². The van der Waals surface area contributed by atoms with Crippen LogP contribution in [0.15, 0.2) is 46.5 Å². The van der Waals surface area contributed by atoms with Gasteiger partial charge in [-0.05, 0) is 45.0 Å². The van der Waals surface area contributed by atoms with E-state index in [4.69, 9.17) is 4.52 Å². The molecule has 0 unspecified atom stereocenters. The van der Waals surface area contributed by atoms with Crippen LogP contribution in [0.25, 0.3) is 0 Å². The molecule has 0 aliphatic carbocycles. The van der Waals surface area contributed by atoms with Gasteiger partial charge in [-0.3, -0.25) is 14.4 Å². The molecule has 24 heavy (non-hydrogen) atoms. The fourth-order valence-electron chi connectivity index (χ4n) is 1.87. The first-order chi connectivity index (χ1) is 11.3. The predicted molar refractivity (Wildman–Crippen MR) is 88.7 cm³/mol. The molecule has 0 spiro atoms. The van der Waals surface area contributed by atoms with E-state index in [0.717, 1.165) is 0 Å². The van der Waals surface area contributed by atoms with Gasteiger partial charge in [-0.1, -0.05) is 5.16 Å². The van der Waals surface area contributed by atoms with E-state index in [9.17, 15) is 14.4 Å². The summed E-state index contributed by atoms with van der Waals surface area (Å²) in [7, 11) is 0. The van der Waals surface area contributed by atoms with Gasteiger partial charge in [-0.2, -0.15) is 0 Å². The Bertz CT molecular complexity index is 803. The minimum atomic E-state index is -0.453. The van der Waals surface area contributed by atoms with Gasteiger partial charge in [0.2, 0.25) is 5.91 Å². The molecule has 7 heteroatoms. The molecule has 2 amide bonds. The van der Waals surface area contributed by atoms with E-state index in [1.165, 1.54) is 19.9 Å². The van der Waals surface area contributed by atoms with E-state index >= 15 is 0 Å². The van der Waals surface area contributed by atoms with Gasteiger partial charge in [0.25, 0.3) is 5.91 Å². The number of hydrogen-bond acceptors (Lipinski definition) is 5. The van der Waals surface area contributed by atoms with E-state index in [1.54, 1.807) is 37.3 Å². The summed E-state index contributed by atoms with van der Waals surface area (Å²) >= 11 is 0. The highest BCUT2D eigenvalue weighted by atomic mass is 16.5. The molecule has 7 nitrogen and oxygen atoms in total. The number of ketones is 1. The van der Waals surface area contributed by atoms with E-state index in [1.807, 2.05) is 0 Å². The van der Waals surface area contributed by atoms with E-state index in [0.29, 0.717) is 17.0 Å². The Kier molecular flexibility index (Phi) is 5.26. The van der Waals surface area contributed by atoms with Gasteiger partial charge in [-0.15, -0.1) is 0 Å². The quantitative estimate of drug-likeness (QED) is 0.649. The van der Waals surface area contributed by atoms with Crippen molar-refractivity contribution in [2.75, 3.05) is 10.6 Å². The summed E-state index contributed by atoms with van der Waals surface area (Å²) in [4.78, 5) is 35.1. The normalized spacial score (nSPS) is 11.0. The van der Waals surface area contributed by atoms with Gasteiger partial charge in [0.1, 0.15) is 5.76 Å². The maximum Gasteiger partial charge on any atom is 0.252 e. The first-order valence-corrected chi connectivity index (χ1v) is 7.20. The smallest absolute Gasteiger partial charge is 0.252 e. The third-order valence-electron chi connectivity index (χ3n) is 3.13. The highest BCUT2D eigenvalue weighted by Gasteiger charge is 2.10. The van der Waals surface area contributed by atoms with Gasteiger partial charge >= 0.3 is 0 Å². The largest absolute Gasteiger partial charge is 0.360 e. The lowest BCUT2D eigenvalue weighted by Gasteiger charge is -2.04. The van der Waals surface area contributed by atoms with Crippen molar-refractivity contribution < 1.29 is 18.9 Å². The first kappa shape index (κ1) is 17.1. The van der Waals surface area contributed by atoms with Crippen LogP contribution < -0.4 is 10.6 Å². The summed E-state index contributed by atoms with van der Waals surface area (Å²) in [5.74, 6) is -0.104. The zero-order chi connectivity index (χ0) is 17.7. The number of carbonyl (C=O) groups is 3. The fourth-order valence-corrected chi connectivity index (χ4v) is 1.87. The number of aryl methyl sites for hydroxylation is 1. The Hall–Kier alpha value is -3.22. The van der Waals surface area contributed by atoms with Crippen molar-refractivity contribution in [2.24, 2.45) is 0 Å². The number of anilines is 2. The highest BCUT2D eigenvalue weighted by Crippen LogP contribution is 2.11. The monoisotopic (exact) mass is 327 g/mol. The standard InChI is InChI=1S/C17H17N3O4/c1-10(17(23)19-15-9-11(2)24-20-15)8-16(22)18-14-6-4-13(5-7-14)12(3)21/h4-9H,1-3H3,(H,18,22)(H,19,20,23)/b10-8-. The molecule has 1 aromatic carbocycles. The number of benzene rings is 1. The van der Waals surface area contributed by atoms with Crippen LogP contribution >= 0.6 is 0 Å². The molecule has 0 bridgehead atoms. The van der Waals surface area contributed by atoms with Crippen molar-refractivity contribution in [1.29, 1.82) is 0 Å². The number of carbonyl (C=O) groups excluding carboxylic acids is 3.